The van der Waals surface area contributed by atoms with Gasteiger partial charge in [0.25, 0.3) is 5.56 Å². The lowest BCUT2D eigenvalue weighted by molar-refractivity contribution is 0.354. The van der Waals surface area contributed by atoms with E-state index in [9.17, 15) is 4.79 Å². The molecule has 0 saturated heterocycles. The maximum absolute atomic E-state index is 11.4. The van der Waals surface area contributed by atoms with Crippen molar-refractivity contribution in [2.24, 2.45) is 5.10 Å². The quantitative estimate of drug-likeness (QED) is 0.615. The molecule has 0 aliphatic heterocycles. The molecular formula is C13H14BrN5O3. The number of aromatic nitrogens is 3. The molecule has 0 atom stereocenters. The Hall–Kier alpha value is -2.42. The number of nitrogens with one attached hydrogen (secondary N) is 2. The number of rotatable bonds is 5. The Kier molecular flexibility index (Phi) is 5.10. The van der Waals surface area contributed by atoms with E-state index in [0.717, 1.165) is 4.47 Å². The lowest BCUT2D eigenvalue weighted by atomic mass is 10.2. The van der Waals surface area contributed by atoms with E-state index in [1.807, 2.05) is 6.07 Å². The molecule has 0 unspecified atom stereocenters. The van der Waals surface area contributed by atoms with E-state index in [0.29, 0.717) is 17.1 Å². The first-order valence-corrected chi connectivity index (χ1v) is 6.98. The number of aryl methyl sites for hydroxylation is 1. The van der Waals surface area contributed by atoms with E-state index >= 15 is 0 Å². The van der Waals surface area contributed by atoms with Gasteiger partial charge in [-0.2, -0.15) is 5.10 Å². The standard InChI is InChI=1S/C13H14BrN5O3/c1-7-12(20)16-13(19-17-7)18-15-6-8-4-9(14)5-10(21-2)11(8)22-3/h4-6H,1-3H3,(H2,16,18,19,20)/b15-6+. The highest BCUT2D eigenvalue weighted by Gasteiger charge is 2.10. The predicted molar refractivity (Wildman–Crippen MR) is 85.9 cm³/mol. The topological polar surface area (TPSA) is 101 Å². The van der Waals surface area contributed by atoms with Gasteiger partial charge in [-0.1, -0.05) is 15.9 Å². The average molecular weight is 368 g/mol. The van der Waals surface area contributed by atoms with E-state index in [4.69, 9.17) is 9.47 Å². The number of methoxy groups -OCH3 is 2. The van der Waals surface area contributed by atoms with E-state index in [-0.39, 0.29) is 17.2 Å². The summed E-state index contributed by atoms with van der Waals surface area (Å²) in [7, 11) is 3.09. The van der Waals surface area contributed by atoms with E-state index in [2.05, 4.69) is 41.6 Å². The SMILES string of the molecule is COc1cc(Br)cc(/C=N/Nc2nnc(C)c(=O)[nH]2)c1OC. The second-order valence-corrected chi connectivity index (χ2v) is 5.10. The molecule has 0 spiro atoms. The number of H-pyrrole nitrogens is 1. The van der Waals surface area contributed by atoms with Crippen LogP contribution < -0.4 is 20.5 Å². The lowest BCUT2D eigenvalue weighted by Gasteiger charge is -2.10. The number of aromatic amines is 1. The highest BCUT2D eigenvalue weighted by Crippen LogP contribution is 2.33. The Morgan fingerprint density at radius 3 is 2.73 bits per heavy atom. The fourth-order valence-corrected chi connectivity index (χ4v) is 2.12. The van der Waals surface area contributed by atoms with Crippen LogP contribution in [0.15, 0.2) is 26.5 Å². The number of benzene rings is 1. The van der Waals surface area contributed by atoms with Crippen LogP contribution in [0.5, 0.6) is 11.5 Å². The van der Waals surface area contributed by atoms with Gasteiger partial charge in [-0.25, -0.2) is 5.43 Å². The van der Waals surface area contributed by atoms with E-state index < -0.39 is 0 Å². The van der Waals surface area contributed by atoms with Crippen molar-refractivity contribution in [1.29, 1.82) is 0 Å². The normalized spacial score (nSPS) is 10.7. The van der Waals surface area contributed by atoms with Crippen molar-refractivity contribution in [3.8, 4) is 11.5 Å². The summed E-state index contributed by atoms with van der Waals surface area (Å²) in [5, 5.41) is 11.5. The van der Waals surface area contributed by atoms with Gasteiger partial charge in [0.05, 0.1) is 20.4 Å². The Bertz CT molecular complexity index is 760. The van der Waals surface area contributed by atoms with Crippen molar-refractivity contribution >= 4 is 28.1 Å². The molecule has 8 nitrogen and oxygen atoms in total. The van der Waals surface area contributed by atoms with Crippen LogP contribution in [0.3, 0.4) is 0 Å². The molecule has 0 aliphatic carbocycles. The van der Waals surface area contributed by atoms with Crippen molar-refractivity contribution in [2.45, 2.75) is 6.92 Å². The van der Waals surface area contributed by atoms with Crippen molar-refractivity contribution in [1.82, 2.24) is 15.2 Å². The molecule has 0 aliphatic rings. The lowest BCUT2D eigenvalue weighted by Crippen LogP contribution is -2.15. The molecule has 0 fully saturated rings. The van der Waals surface area contributed by atoms with Crippen molar-refractivity contribution in [2.75, 3.05) is 19.6 Å². The Balaban J connectivity index is 2.24. The van der Waals surface area contributed by atoms with E-state index in [1.165, 1.54) is 6.21 Å². The molecule has 9 heteroatoms. The van der Waals surface area contributed by atoms with Gasteiger partial charge in [0.2, 0.25) is 5.95 Å². The third-order valence-electron chi connectivity index (χ3n) is 2.71. The fraction of sp³-hybridized carbons (Fsp3) is 0.231. The first-order valence-electron chi connectivity index (χ1n) is 6.19. The molecule has 22 heavy (non-hydrogen) atoms. The highest BCUT2D eigenvalue weighted by molar-refractivity contribution is 9.10. The minimum Gasteiger partial charge on any atom is -0.493 e. The second kappa shape index (κ2) is 7.03. The fourth-order valence-electron chi connectivity index (χ4n) is 1.66. The summed E-state index contributed by atoms with van der Waals surface area (Å²) in [5.74, 6) is 1.26. The molecular weight excluding hydrogens is 354 g/mol. The molecule has 1 aromatic carbocycles. The molecule has 2 N–H and O–H groups in total. The van der Waals surface area contributed by atoms with Crippen molar-refractivity contribution in [3.05, 3.63) is 38.2 Å². The monoisotopic (exact) mass is 367 g/mol. The zero-order valence-corrected chi connectivity index (χ0v) is 13.8. The zero-order valence-electron chi connectivity index (χ0n) is 12.2. The van der Waals surface area contributed by atoms with Crippen LogP contribution in [0.1, 0.15) is 11.3 Å². The summed E-state index contributed by atoms with van der Waals surface area (Å²) in [6, 6.07) is 3.60. The number of anilines is 1. The van der Waals surface area contributed by atoms with Crippen LogP contribution in [-0.2, 0) is 0 Å². The van der Waals surface area contributed by atoms with Gasteiger partial charge in [0.15, 0.2) is 11.5 Å². The van der Waals surface area contributed by atoms with Crippen LogP contribution >= 0.6 is 15.9 Å². The van der Waals surface area contributed by atoms with Crippen LogP contribution in [-0.4, -0.2) is 35.6 Å². The molecule has 116 valence electrons. The third-order valence-corrected chi connectivity index (χ3v) is 3.16. The van der Waals surface area contributed by atoms with Crippen LogP contribution in [0.25, 0.3) is 0 Å². The molecule has 1 aromatic heterocycles. The highest BCUT2D eigenvalue weighted by atomic mass is 79.9. The maximum Gasteiger partial charge on any atom is 0.274 e. The first-order chi connectivity index (χ1) is 10.5. The molecule has 2 aromatic rings. The Morgan fingerprint density at radius 1 is 1.32 bits per heavy atom. The number of halogens is 1. The zero-order chi connectivity index (χ0) is 16.1. The summed E-state index contributed by atoms with van der Waals surface area (Å²) in [4.78, 5) is 13.9. The van der Waals surface area contributed by atoms with Crippen molar-refractivity contribution in [3.63, 3.8) is 0 Å². The molecule has 0 radical (unpaired) electrons. The second-order valence-electron chi connectivity index (χ2n) is 4.19. The van der Waals surface area contributed by atoms with Gasteiger partial charge in [-0.15, -0.1) is 10.2 Å². The number of hydrogen-bond donors (Lipinski definition) is 2. The summed E-state index contributed by atoms with van der Waals surface area (Å²) in [5.41, 5.74) is 3.24. The van der Waals surface area contributed by atoms with Crippen LogP contribution in [0, 0.1) is 6.92 Å². The van der Waals surface area contributed by atoms with Crippen LogP contribution in [0.4, 0.5) is 5.95 Å². The molecule has 0 saturated carbocycles. The van der Waals surface area contributed by atoms with E-state index in [1.54, 1.807) is 27.2 Å². The molecule has 0 bridgehead atoms. The maximum atomic E-state index is 11.4. The number of ether oxygens (including phenoxy) is 2. The molecule has 2 rings (SSSR count). The summed E-state index contributed by atoms with van der Waals surface area (Å²) < 4.78 is 11.4. The largest absolute Gasteiger partial charge is 0.493 e. The number of hydrogen-bond acceptors (Lipinski definition) is 7. The van der Waals surface area contributed by atoms with Crippen molar-refractivity contribution < 1.29 is 9.47 Å². The summed E-state index contributed by atoms with van der Waals surface area (Å²) >= 11 is 3.38. The van der Waals surface area contributed by atoms with Gasteiger partial charge >= 0.3 is 0 Å². The number of nitrogens with zero attached hydrogens (tertiary/aromatic N) is 3. The third kappa shape index (κ3) is 3.61. The smallest absolute Gasteiger partial charge is 0.274 e. The van der Waals surface area contributed by atoms with Gasteiger partial charge < -0.3 is 9.47 Å². The van der Waals surface area contributed by atoms with Gasteiger partial charge in [0.1, 0.15) is 5.69 Å². The van der Waals surface area contributed by atoms with Gasteiger partial charge in [-0.05, 0) is 19.1 Å². The molecule has 0 amide bonds. The minimum atomic E-state index is -0.325. The number of hydrazone groups is 1. The summed E-state index contributed by atoms with van der Waals surface area (Å²) in [6.07, 6.45) is 1.52. The summed E-state index contributed by atoms with van der Waals surface area (Å²) in [6.45, 7) is 1.57. The Labute approximate surface area is 134 Å². The minimum absolute atomic E-state index is 0.146. The first kappa shape index (κ1) is 16.0. The van der Waals surface area contributed by atoms with Gasteiger partial charge in [0, 0.05) is 10.0 Å². The molecule has 1 heterocycles. The average Bonchev–Trinajstić information content (AvgIpc) is 2.50. The predicted octanol–water partition coefficient (Wildman–Crippen LogP) is 1.70. The Morgan fingerprint density at radius 2 is 2.09 bits per heavy atom. The van der Waals surface area contributed by atoms with Crippen LogP contribution in [0.2, 0.25) is 0 Å². The van der Waals surface area contributed by atoms with Gasteiger partial charge in [-0.3, -0.25) is 9.78 Å².